The Morgan fingerprint density at radius 2 is 1.82 bits per heavy atom. The molecule has 1 heterocycles. The molecule has 1 aromatic heterocycles. The molecule has 0 spiro atoms. The van der Waals surface area contributed by atoms with Crippen molar-refractivity contribution in [2.75, 3.05) is 5.73 Å². The molecule has 0 bridgehead atoms. The fraction of sp³-hybridized carbons (Fsp3) is 0.214. The lowest BCUT2D eigenvalue weighted by Crippen LogP contribution is -2.20. The van der Waals surface area contributed by atoms with Gasteiger partial charge in [0.15, 0.2) is 0 Å². The van der Waals surface area contributed by atoms with Crippen LogP contribution >= 0.6 is 0 Å². The molecule has 3 nitrogen and oxygen atoms in total. The van der Waals surface area contributed by atoms with Gasteiger partial charge in [-0.2, -0.15) is 0 Å². The second kappa shape index (κ2) is 4.45. The average molecular weight is 228 g/mol. The molecule has 17 heavy (non-hydrogen) atoms. The number of aryl methyl sites for hydroxylation is 1. The van der Waals surface area contributed by atoms with Crippen molar-refractivity contribution in [3.63, 3.8) is 0 Å². The summed E-state index contributed by atoms with van der Waals surface area (Å²) in [4.78, 5) is 11.8. The zero-order chi connectivity index (χ0) is 12.4. The normalized spacial score (nSPS) is 10.5. The van der Waals surface area contributed by atoms with E-state index in [1.807, 2.05) is 44.2 Å². The zero-order valence-corrected chi connectivity index (χ0v) is 10.1. The minimum atomic E-state index is -0.0527. The lowest BCUT2D eigenvalue weighted by molar-refractivity contribution is 0.736. The van der Waals surface area contributed by atoms with Gasteiger partial charge >= 0.3 is 0 Å². The maximum Gasteiger partial charge on any atom is 0.253 e. The minimum Gasteiger partial charge on any atom is -0.399 e. The van der Waals surface area contributed by atoms with Crippen LogP contribution in [0.5, 0.6) is 0 Å². The number of pyridine rings is 1. The lowest BCUT2D eigenvalue weighted by atomic mass is 10.1. The molecular weight excluding hydrogens is 212 g/mol. The first-order valence-electron chi connectivity index (χ1n) is 5.69. The van der Waals surface area contributed by atoms with Gasteiger partial charge in [0, 0.05) is 18.3 Å². The van der Waals surface area contributed by atoms with Crippen molar-refractivity contribution in [3.8, 4) is 11.3 Å². The van der Waals surface area contributed by atoms with Crippen molar-refractivity contribution in [2.45, 2.75) is 20.4 Å². The van der Waals surface area contributed by atoms with Crippen LogP contribution in [0.3, 0.4) is 0 Å². The first-order chi connectivity index (χ1) is 8.11. The minimum absolute atomic E-state index is 0.0527. The van der Waals surface area contributed by atoms with E-state index in [0.717, 1.165) is 11.3 Å². The Morgan fingerprint density at radius 3 is 2.41 bits per heavy atom. The van der Waals surface area contributed by atoms with Gasteiger partial charge in [0.25, 0.3) is 5.56 Å². The summed E-state index contributed by atoms with van der Waals surface area (Å²) in [6, 6.07) is 11.4. The average Bonchev–Trinajstić information content (AvgIpc) is 2.29. The molecule has 0 aliphatic carbocycles. The number of nitrogens with zero attached hydrogens (tertiary/aromatic N) is 1. The SMILES string of the molecule is CCn1c(-c2ccc(C)cc2)cc(N)cc1=O. The van der Waals surface area contributed by atoms with Crippen LogP contribution in [0.4, 0.5) is 5.69 Å². The highest BCUT2D eigenvalue weighted by molar-refractivity contribution is 5.64. The van der Waals surface area contributed by atoms with Gasteiger partial charge in [-0.15, -0.1) is 0 Å². The Labute approximate surface area is 101 Å². The summed E-state index contributed by atoms with van der Waals surface area (Å²) >= 11 is 0. The Hall–Kier alpha value is -2.03. The van der Waals surface area contributed by atoms with E-state index in [4.69, 9.17) is 5.73 Å². The second-order valence-electron chi connectivity index (χ2n) is 4.12. The van der Waals surface area contributed by atoms with E-state index in [1.165, 1.54) is 11.6 Å². The third-order valence-electron chi connectivity index (χ3n) is 2.81. The molecule has 0 saturated heterocycles. The van der Waals surface area contributed by atoms with Gasteiger partial charge < -0.3 is 10.3 Å². The molecule has 0 unspecified atom stereocenters. The first-order valence-corrected chi connectivity index (χ1v) is 5.69. The Bertz CT molecular complexity index is 582. The smallest absolute Gasteiger partial charge is 0.253 e. The van der Waals surface area contributed by atoms with E-state index in [-0.39, 0.29) is 5.56 Å². The predicted molar refractivity (Wildman–Crippen MR) is 71.0 cm³/mol. The molecule has 0 fully saturated rings. The predicted octanol–water partition coefficient (Wildman–Crippen LogP) is 2.43. The summed E-state index contributed by atoms with van der Waals surface area (Å²) in [7, 11) is 0. The molecule has 2 aromatic rings. The molecule has 0 saturated carbocycles. The number of anilines is 1. The Morgan fingerprint density at radius 1 is 1.18 bits per heavy atom. The van der Waals surface area contributed by atoms with E-state index in [9.17, 15) is 4.79 Å². The fourth-order valence-corrected chi connectivity index (χ4v) is 1.91. The summed E-state index contributed by atoms with van der Waals surface area (Å²) in [5.41, 5.74) is 9.28. The molecule has 0 radical (unpaired) electrons. The van der Waals surface area contributed by atoms with Gasteiger partial charge in [-0.25, -0.2) is 0 Å². The molecule has 2 N–H and O–H groups in total. The van der Waals surface area contributed by atoms with Crippen LogP contribution in [-0.2, 0) is 6.54 Å². The highest BCUT2D eigenvalue weighted by Crippen LogP contribution is 2.20. The molecule has 0 atom stereocenters. The number of benzene rings is 1. The van der Waals surface area contributed by atoms with E-state index in [0.29, 0.717) is 12.2 Å². The van der Waals surface area contributed by atoms with Gasteiger partial charge in [-0.05, 0) is 25.5 Å². The third-order valence-corrected chi connectivity index (χ3v) is 2.81. The lowest BCUT2D eigenvalue weighted by Gasteiger charge is -2.11. The van der Waals surface area contributed by atoms with E-state index in [2.05, 4.69) is 0 Å². The number of hydrogen-bond acceptors (Lipinski definition) is 2. The van der Waals surface area contributed by atoms with E-state index >= 15 is 0 Å². The van der Waals surface area contributed by atoms with Crippen LogP contribution in [0, 0.1) is 6.92 Å². The molecule has 2 rings (SSSR count). The summed E-state index contributed by atoms with van der Waals surface area (Å²) in [6.07, 6.45) is 0. The summed E-state index contributed by atoms with van der Waals surface area (Å²) in [5, 5.41) is 0. The van der Waals surface area contributed by atoms with Gasteiger partial charge in [0.1, 0.15) is 0 Å². The van der Waals surface area contributed by atoms with Crippen molar-refractivity contribution >= 4 is 5.69 Å². The van der Waals surface area contributed by atoms with E-state index in [1.54, 1.807) is 4.57 Å². The van der Waals surface area contributed by atoms with Gasteiger partial charge in [-0.1, -0.05) is 29.8 Å². The van der Waals surface area contributed by atoms with Crippen molar-refractivity contribution in [3.05, 3.63) is 52.3 Å². The second-order valence-corrected chi connectivity index (χ2v) is 4.12. The third kappa shape index (κ3) is 2.23. The Kier molecular flexibility index (Phi) is 3.00. The highest BCUT2D eigenvalue weighted by Gasteiger charge is 2.06. The highest BCUT2D eigenvalue weighted by atomic mass is 16.1. The maximum absolute atomic E-state index is 11.8. The van der Waals surface area contributed by atoms with Crippen molar-refractivity contribution in [2.24, 2.45) is 0 Å². The van der Waals surface area contributed by atoms with Crippen LogP contribution < -0.4 is 11.3 Å². The zero-order valence-electron chi connectivity index (χ0n) is 10.1. The molecule has 0 aliphatic rings. The standard InChI is InChI=1S/C14H16N2O/c1-3-16-13(8-12(15)9-14(16)17)11-6-4-10(2)5-7-11/h4-9H,3,15H2,1-2H3. The van der Waals surface area contributed by atoms with Crippen LogP contribution in [0.2, 0.25) is 0 Å². The fourth-order valence-electron chi connectivity index (χ4n) is 1.91. The topological polar surface area (TPSA) is 48.0 Å². The number of hydrogen-bond donors (Lipinski definition) is 1. The largest absolute Gasteiger partial charge is 0.399 e. The number of rotatable bonds is 2. The Balaban J connectivity index is 2.65. The number of nitrogen functional groups attached to an aromatic ring is 1. The number of aromatic nitrogens is 1. The molecule has 1 aromatic carbocycles. The van der Waals surface area contributed by atoms with Crippen molar-refractivity contribution < 1.29 is 0 Å². The van der Waals surface area contributed by atoms with Crippen LogP contribution in [0.25, 0.3) is 11.3 Å². The molecule has 0 aliphatic heterocycles. The molecule has 88 valence electrons. The summed E-state index contributed by atoms with van der Waals surface area (Å²) < 4.78 is 1.72. The van der Waals surface area contributed by atoms with Gasteiger partial charge in [-0.3, -0.25) is 4.79 Å². The molecule has 0 amide bonds. The number of nitrogens with two attached hydrogens (primary N) is 1. The van der Waals surface area contributed by atoms with Crippen LogP contribution in [-0.4, -0.2) is 4.57 Å². The maximum atomic E-state index is 11.8. The molecule has 3 heteroatoms. The first kappa shape index (κ1) is 11.5. The van der Waals surface area contributed by atoms with Gasteiger partial charge in [0.05, 0.1) is 5.69 Å². The van der Waals surface area contributed by atoms with Crippen LogP contribution in [0.15, 0.2) is 41.2 Å². The van der Waals surface area contributed by atoms with Crippen LogP contribution in [0.1, 0.15) is 12.5 Å². The summed E-state index contributed by atoms with van der Waals surface area (Å²) in [5.74, 6) is 0. The van der Waals surface area contributed by atoms with E-state index < -0.39 is 0 Å². The summed E-state index contributed by atoms with van der Waals surface area (Å²) in [6.45, 7) is 4.63. The quantitative estimate of drug-likeness (QED) is 0.858. The molecular formula is C14H16N2O. The van der Waals surface area contributed by atoms with Crippen molar-refractivity contribution in [1.29, 1.82) is 0 Å². The van der Waals surface area contributed by atoms with Gasteiger partial charge in [0.2, 0.25) is 0 Å². The monoisotopic (exact) mass is 228 g/mol. The van der Waals surface area contributed by atoms with Crippen molar-refractivity contribution in [1.82, 2.24) is 4.57 Å².